The summed E-state index contributed by atoms with van der Waals surface area (Å²) in [5.74, 6) is 0.0775. The summed E-state index contributed by atoms with van der Waals surface area (Å²) in [6, 6.07) is 5.48. The Labute approximate surface area is 114 Å². The molecular formula is C14H22N4O. The Kier molecular flexibility index (Phi) is 4.53. The number of nitrogens with zero attached hydrogens (tertiary/aromatic N) is 1. The van der Waals surface area contributed by atoms with Crippen LogP contribution in [-0.4, -0.2) is 17.5 Å². The Hall–Kier alpha value is -2.04. The highest BCUT2D eigenvalue weighted by Gasteiger charge is 2.13. The normalized spacial score (nSPS) is 12.2. The molecule has 5 heteroatoms. The second-order valence-electron chi connectivity index (χ2n) is 5.62. The lowest BCUT2D eigenvalue weighted by Gasteiger charge is -2.20. The van der Waals surface area contributed by atoms with E-state index in [0.29, 0.717) is 0 Å². The van der Waals surface area contributed by atoms with E-state index in [1.165, 1.54) is 0 Å². The standard InChI is InChI=1S/C14H22N4O/c1-9-6-7-11(10(2)8-9)16-12(15)17-13(19)18-14(3,4)5/h6-8H,1-5H3,(H4,15,16,17,18,19). The van der Waals surface area contributed by atoms with Gasteiger partial charge < -0.3 is 11.1 Å². The summed E-state index contributed by atoms with van der Waals surface area (Å²) in [6.07, 6.45) is 0. The number of rotatable bonds is 1. The number of carbonyl (C=O) groups excluding carboxylic acids is 1. The maximum Gasteiger partial charge on any atom is 0.321 e. The van der Waals surface area contributed by atoms with E-state index in [1.807, 2.05) is 52.8 Å². The van der Waals surface area contributed by atoms with Gasteiger partial charge in [0.2, 0.25) is 5.96 Å². The zero-order valence-corrected chi connectivity index (χ0v) is 12.2. The molecule has 5 nitrogen and oxygen atoms in total. The second kappa shape index (κ2) is 5.73. The van der Waals surface area contributed by atoms with Crippen molar-refractivity contribution in [3.63, 3.8) is 0 Å². The summed E-state index contributed by atoms with van der Waals surface area (Å²) in [5.41, 5.74) is 8.32. The van der Waals surface area contributed by atoms with Gasteiger partial charge in [0.15, 0.2) is 0 Å². The third-order valence-corrected chi connectivity index (χ3v) is 2.32. The van der Waals surface area contributed by atoms with Crippen molar-refractivity contribution in [2.75, 3.05) is 0 Å². The first-order chi connectivity index (χ1) is 8.67. The molecule has 0 aliphatic rings. The minimum atomic E-state index is -0.362. The second-order valence-corrected chi connectivity index (χ2v) is 5.62. The van der Waals surface area contributed by atoms with Gasteiger partial charge in [0.25, 0.3) is 0 Å². The van der Waals surface area contributed by atoms with Gasteiger partial charge >= 0.3 is 6.03 Å². The predicted molar refractivity (Wildman–Crippen MR) is 78.6 cm³/mol. The highest BCUT2D eigenvalue weighted by Crippen LogP contribution is 2.18. The molecule has 0 saturated carbocycles. The van der Waals surface area contributed by atoms with Crippen molar-refractivity contribution in [3.05, 3.63) is 29.3 Å². The van der Waals surface area contributed by atoms with Crippen molar-refractivity contribution in [2.24, 2.45) is 10.7 Å². The van der Waals surface area contributed by atoms with Gasteiger partial charge in [-0.2, -0.15) is 0 Å². The third kappa shape index (κ3) is 5.42. The van der Waals surface area contributed by atoms with E-state index in [1.54, 1.807) is 0 Å². The zero-order chi connectivity index (χ0) is 14.6. The van der Waals surface area contributed by atoms with Gasteiger partial charge in [-0.3, -0.25) is 5.32 Å². The van der Waals surface area contributed by atoms with Crippen LogP contribution >= 0.6 is 0 Å². The fraction of sp³-hybridized carbons (Fsp3) is 0.429. The van der Waals surface area contributed by atoms with Crippen LogP contribution in [0.1, 0.15) is 31.9 Å². The molecule has 0 aliphatic carbocycles. The summed E-state index contributed by atoms with van der Waals surface area (Å²) in [6.45, 7) is 9.64. The molecule has 104 valence electrons. The molecule has 1 aromatic rings. The van der Waals surface area contributed by atoms with Crippen molar-refractivity contribution < 1.29 is 4.79 Å². The van der Waals surface area contributed by atoms with E-state index in [2.05, 4.69) is 15.6 Å². The maximum atomic E-state index is 11.6. The van der Waals surface area contributed by atoms with E-state index in [4.69, 9.17) is 5.73 Å². The molecule has 0 saturated heterocycles. The third-order valence-electron chi connectivity index (χ3n) is 2.32. The van der Waals surface area contributed by atoms with Crippen molar-refractivity contribution in [3.8, 4) is 0 Å². The molecule has 0 bridgehead atoms. The van der Waals surface area contributed by atoms with Crippen LogP contribution in [0.2, 0.25) is 0 Å². The van der Waals surface area contributed by atoms with Crippen LogP contribution in [-0.2, 0) is 0 Å². The van der Waals surface area contributed by atoms with Crippen LogP contribution in [0, 0.1) is 13.8 Å². The number of aryl methyl sites for hydroxylation is 2. The minimum absolute atomic E-state index is 0.0775. The first-order valence-electron chi connectivity index (χ1n) is 6.18. The van der Waals surface area contributed by atoms with Gasteiger partial charge in [-0.15, -0.1) is 0 Å². The van der Waals surface area contributed by atoms with Gasteiger partial charge in [-0.05, 0) is 46.2 Å². The molecule has 19 heavy (non-hydrogen) atoms. The number of urea groups is 1. The van der Waals surface area contributed by atoms with E-state index in [0.717, 1.165) is 16.8 Å². The molecule has 0 unspecified atom stereocenters. The molecule has 0 aromatic heterocycles. The lowest BCUT2D eigenvalue weighted by molar-refractivity contribution is 0.236. The first-order valence-corrected chi connectivity index (χ1v) is 6.18. The Morgan fingerprint density at radius 2 is 1.89 bits per heavy atom. The number of amides is 2. The molecule has 2 amide bonds. The van der Waals surface area contributed by atoms with Gasteiger partial charge in [-0.1, -0.05) is 17.7 Å². The van der Waals surface area contributed by atoms with Gasteiger partial charge in [0.05, 0.1) is 5.69 Å². The Morgan fingerprint density at radius 3 is 2.42 bits per heavy atom. The monoisotopic (exact) mass is 262 g/mol. The average Bonchev–Trinajstić information content (AvgIpc) is 2.19. The summed E-state index contributed by atoms with van der Waals surface area (Å²) in [5, 5.41) is 5.25. The summed E-state index contributed by atoms with van der Waals surface area (Å²) < 4.78 is 0. The first kappa shape index (κ1) is 15.0. The molecule has 1 aromatic carbocycles. The van der Waals surface area contributed by atoms with Crippen molar-refractivity contribution in [2.45, 2.75) is 40.2 Å². The molecule has 0 fully saturated rings. The van der Waals surface area contributed by atoms with Crippen LogP contribution in [0.5, 0.6) is 0 Å². The Bertz CT molecular complexity index is 501. The lowest BCUT2D eigenvalue weighted by atomic mass is 10.1. The van der Waals surface area contributed by atoms with E-state index in [9.17, 15) is 4.79 Å². The number of nitrogens with two attached hydrogens (primary N) is 1. The van der Waals surface area contributed by atoms with Crippen molar-refractivity contribution >= 4 is 17.7 Å². The zero-order valence-electron chi connectivity index (χ0n) is 12.2. The summed E-state index contributed by atoms with van der Waals surface area (Å²) >= 11 is 0. The molecule has 0 aliphatic heterocycles. The smallest absolute Gasteiger partial charge is 0.321 e. The van der Waals surface area contributed by atoms with Crippen molar-refractivity contribution in [1.82, 2.24) is 10.6 Å². The number of hydrogen-bond donors (Lipinski definition) is 3. The SMILES string of the molecule is Cc1ccc(N=C(N)NC(=O)NC(C)(C)C)c(C)c1. The highest BCUT2D eigenvalue weighted by molar-refractivity contribution is 5.96. The summed E-state index contributed by atoms with van der Waals surface area (Å²) in [7, 11) is 0. The Balaban J connectivity index is 2.74. The number of benzene rings is 1. The van der Waals surface area contributed by atoms with Crippen molar-refractivity contribution in [1.29, 1.82) is 0 Å². The van der Waals surface area contributed by atoms with Gasteiger partial charge in [0, 0.05) is 5.54 Å². The number of carbonyl (C=O) groups is 1. The molecule has 0 atom stereocenters. The van der Waals surface area contributed by atoms with Crippen LogP contribution in [0.4, 0.5) is 10.5 Å². The number of aliphatic imine (C=N–C) groups is 1. The minimum Gasteiger partial charge on any atom is -0.369 e. The van der Waals surface area contributed by atoms with Crippen LogP contribution < -0.4 is 16.4 Å². The number of hydrogen-bond acceptors (Lipinski definition) is 2. The fourth-order valence-corrected chi connectivity index (χ4v) is 1.58. The molecule has 0 radical (unpaired) electrons. The number of guanidine groups is 1. The van der Waals surface area contributed by atoms with Crippen LogP contribution in [0.25, 0.3) is 0 Å². The topological polar surface area (TPSA) is 79.5 Å². The predicted octanol–water partition coefficient (Wildman–Crippen LogP) is 2.35. The lowest BCUT2D eigenvalue weighted by Crippen LogP contribution is -2.50. The maximum absolute atomic E-state index is 11.6. The van der Waals surface area contributed by atoms with Gasteiger partial charge in [0.1, 0.15) is 0 Å². The molecule has 4 N–H and O–H groups in total. The number of nitrogens with one attached hydrogen (secondary N) is 2. The van der Waals surface area contributed by atoms with E-state index >= 15 is 0 Å². The molecule has 0 spiro atoms. The summed E-state index contributed by atoms with van der Waals surface area (Å²) in [4.78, 5) is 15.8. The van der Waals surface area contributed by atoms with Crippen LogP contribution in [0.15, 0.2) is 23.2 Å². The van der Waals surface area contributed by atoms with E-state index in [-0.39, 0.29) is 17.5 Å². The van der Waals surface area contributed by atoms with Gasteiger partial charge in [-0.25, -0.2) is 9.79 Å². The molecular weight excluding hydrogens is 240 g/mol. The van der Waals surface area contributed by atoms with Crippen LogP contribution in [0.3, 0.4) is 0 Å². The average molecular weight is 262 g/mol. The quantitative estimate of drug-likeness (QED) is 0.536. The molecule has 1 rings (SSSR count). The van der Waals surface area contributed by atoms with E-state index < -0.39 is 0 Å². The Morgan fingerprint density at radius 1 is 1.26 bits per heavy atom. The molecule has 0 heterocycles. The largest absolute Gasteiger partial charge is 0.369 e. The highest BCUT2D eigenvalue weighted by atomic mass is 16.2. The fourth-order valence-electron chi connectivity index (χ4n) is 1.58.